The molecule has 116 valence electrons. The second kappa shape index (κ2) is 7.08. The predicted molar refractivity (Wildman–Crippen MR) is 93.2 cm³/mol. The first kappa shape index (κ1) is 17.4. The average Bonchev–Trinajstić information content (AvgIpc) is 2.32. The molecule has 1 atom stereocenters. The number of hydrogen-bond acceptors (Lipinski definition) is 4. The molecule has 0 radical (unpaired) electrons. The van der Waals surface area contributed by atoms with E-state index in [1.807, 2.05) is 12.1 Å². The van der Waals surface area contributed by atoms with Gasteiger partial charge in [-0.2, -0.15) is 0 Å². The Balaban J connectivity index is 2.02. The molecule has 2 N–H and O–H groups in total. The van der Waals surface area contributed by atoms with E-state index in [0.717, 1.165) is 13.4 Å². The second-order valence-corrected chi connectivity index (χ2v) is 9.62. The third-order valence-corrected chi connectivity index (χ3v) is 6.45. The molecule has 1 amide bonds. The molecule has 0 aliphatic carbocycles. The smallest absolute Gasteiger partial charge is 0.226 e. The summed E-state index contributed by atoms with van der Waals surface area (Å²) < 4.78 is 25.5. The van der Waals surface area contributed by atoms with Gasteiger partial charge in [-0.25, -0.2) is 8.42 Å². The number of amides is 1. The molecule has 9 heteroatoms. The Morgan fingerprint density at radius 1 is 1.29 bits per heavy atom. The van der Waals surface area contributed by atoms with E-state index in [2.05, 4.69) is 58.4 Å². The molecule has 0 spiro atoms. The summed E-state index contributed by atoms with van der Waals surface area (Å²) in [6.45, 7) is 0.395. The van der Waals surface area contributed by atoms with Crippen molar-refractivity contribution in [1.29, 1.82) is 0 Å². The zero-order valence-electron chi connectivity index (χ0n) is 10.8. The van der Waals surface area contributed by atoms with Gasteiger partial charge in [-0.05, 0) is 44.0 Å². The van der Waals surface area contributed by atoms with E-state index < -0.39 is 9.84 Å². The quantitative estimate of drug-likeness (QED) is 0.663. The summed E-state index contributed by atoms with van der Waals surface area (Å²) in [5.74, 6) is -0.0915. The molecule has 1 aliphatic heterocycles. The highest BCUT2D eigenvalue weighted by Gasteiger charge is 2.26. The summed E-state index contributed by atoms with van der Waals surface area (Å²) in [5, 5.41) is 5.85. The normalized spacial score (nSPS) is 21.0. The minimum Gasteiger partial charge on any atom is -0.324 e. The number of carbonyl (C=O) groups excluding carboxylic acids is 1. The monoisotopic (exact) mass is 502 g/mol. The van der Waals surface area contributed by atoms with E-state index >= 15 is 0 Å². The summed E-state index contributed by atoms with van der Waals surface area (Å²) in [6, 6.07) is 3.31. The Bertz CT molecular complexity index is 641. The van der Waals surface area contributed by atoms with Crippen LogP contribution in [0.15, 0.2) is 25.6 Å². The van der Waals surface area contributed by atoms with Crippen LogP contribution in [0.25, 0.3) is 0 Å². The molecule has 0 aromatic heterocycles. The van der Waals surface area contributed by atoms with Crippen molar-refractivity contribution in [2.24, 2.45) is 0 Å². The van der Waals surface area contributed by atoms with Crippen LogP contribution in [0.4, 0.5) is 5.69 Å². The van der Waals surface area contributed by atoms with Gasteiger partial charge in [0.1, 0.15) is 0 Å². The number of nitrogens with one attached hydrogen (secondary N) is 2. The van der Waals surface area contributed by atoms with Gasteiger partial charge < -0.3 is 10.6 Å². The lowest BCUT2D eigenvalue weighted by atomic mass is 10.2. The first-order valence-corrected chi connectivity index (χ1v) is 10.3. The predicted octanol–water partition coefficient (Wildman–Crippen LogP) is 2.69. The van der Waals surface area contributed by atoms with Crippen molar-refractivity contribution in [2.75, 3.05) is 23.4 Å². The number of benzene rings is 1. The van der Waals surface area contributed by atoms with E-state index in [1.54, 1.807) is 0 Å². The van der Waals surface area contributed by atoms with Crippen LogP contribution >= 0.6 is 47.8 Å². The molecule has 1 aromatic carbocycles. The highest BCUT2D eigenvalue weighted by molar-refractivity contribution is 9.11. The molecule has 1 fully saturated rings. The first-order valence-electron chi connectivity index (χ1n) is 6.15. The maximum atomic E-state index is 12.1. The third kappa shape index (κ3) is 5.02. The molecule has 1 aliphatic rings. The molecule has 0 bridgehead atoms. The van der Waals surface area contributed by atoms with Gasteiger partial charge in [0, 0.05) is 32.4 Å². The Morgan fingerprint density at radius 3 is 2.48 bits per heavy atom. The van der Waals surface area contributed by atoms with Gasteiger partial charge in [0.15, 0.2) is 9.84 Å². The second-order valence-electron chi connectivity index (χ2n) is 4.76. The lowest BCUT2D eigenvalue weighted by Gasteiger charge is -2.23. The third-order valence-electron chi connectivity index (χ3n) is 3.00. The van der Waals surface area contributed by atoms with Gasteiger partial charge in [-0.3, -0.25) is 4.79 Å². The van der Waals surface area contributed by atoms with Crippen molar-refractivity contribution in [2.45, 2.75) is 12.5 Å². The standard InChI is InChI=1S/C12H13Br3N2O3S/c13-7-3-9(14)12(10(15)4-7)17-11(18)5-8-6-21(19,20)2-1-16-8/h3-4,8,16H,1-2,5-6H2,(H,17,18). The fourth-order valence-electron chi connectivity index (χ4n) is 2.07. The maximum absolute atomic E-state index is 12.1. The summed E-state index contributed by atoms with van der Waals surface area (Å²) in [7, 11) is -3.04. The number of sulfone groups is 1. The van der Waals surface area contributed by atoms with Crippen LogP contribution in [0.5, 0.6) is 0 Å². The van der Waals surface area contributed by atoms with Gasteiger partial charge in [0.2, 0.25) is 5.91 Å². The zero-order valence-corrected chi connectivity index (χ0v) is 16.4. The van der Waals surface area contributed by atoms with Crippen LogP contribution in [-0.4, -0.2) is 38.4 Å². The SMILES string of the molecule is O=C(CC1CS(=O)(=O)CCN1)Nc1c(Br)cc(Br)cc1Br. The number of hydrogen-bond donors (Lipinski definition) is 2. The van der Waals surface area contributed by atoms with Crippen LogP contribution in [0, 0.1) is 0 Å². The molecule has 5 nitrogen and oxygen atoms in total. The lowest BCUT2D eigenvalue weighted by molar-refractivity contribution is -0.116. The van der Waals surface area contributed by atoms with Crippen LogP contribution < -0.4 is 10.6 Å². The summed E-state index contributed by atoms with van der Waals surface area (Å²) in [6.07, 6.45) is 0.119. The molecular formula is C12H13Br3N2O3S. The van der Waals surface area contributed by atoms with Crippen molar-refractivity contribution < 1.29 is 13.2 Å². The van der Waals surface area contributed by atoms with E-state index in [1.165, 1.54) is 0 Å². The molecule has 1 heterocycles. The topological polar surface area (TPSA) is 75.3 Å². The summed E-state index contributed by atoms with van der Waals surface area (Å²) in [4.78, 5) is 12.1. The maximum Gasteiger partial charge on any atom is 0.226 e. The van der Waals surface area contributed by atoms with Gasteiger partial charge in [-0.15, -0.1) is 0 Å². The summed E-state index contributed by atoms with van der Waals surface area (Å²) >= 11 is 10.1. The molecule has 21 heavy (non-hydrogen) atoms. The molecule has 1 unspecified atom stereocenters. The largest absolute Gasteiger partial charge is 0.324 e. The first-order chi connectivity index (χ1) is 9.77. The molecule has 2 rings (SSSR count). The van der Waals surface area contributed by atoms with Gasteiger partial charge in [-0.1, -0.05) is 15.9 Å². The van der Waals surface area contributed by atoms with Crippen molar-refractivity contribution in [3.05, 3.63) is 25.6 Å². The van der Waals surface area contributed by atoms with Crippen LogP contribution in [0.2, 0.25) is 0 Å². The van der Waals surface area contributed by atoms with Crippen LogP contribution in [0.3, 0.4) is 0 Å². The number of rotatable bonds is 3. The molecular weight excluding hydrogens is 492 g/mol. The highest BCUT2D eigenvalue weighted by atomic mass is 79.9. The Kier molecular flexibility index (Phi) is 5.86. The van der Waals surface area contributed by atoms with Crippen LogP contribution in [-0.2, 0) is 14.6 Å². The van der Waals surface area contributed by atoms with Gasteiger partial charge >= 0.3 is 0 Å². The average molecular weight is 505 g/mol. The number of anilines is 1. The fraction of sp³-hybridized carbons (Fsp3) is 0.417. The van der Waals surface area contributed by atoms with Gasteiger partial charge in [0.05, 0.1) is 17.2 Å². The Labute approximate surface area is 148 Å². The highest BCUT2D eigenvalue weighted by Crippen LogP contribution is 2.34. The fourth-order valence-corrected chi connectivity index (χ4v) is 5.98. The van der Waals surface area contributed by atoms with Crippen LogP contribution in [0.1, 0.15) is 6.42 Å². The Hall–Kier alpha value is 0.0400. The van der Waals surface area contributed by atoms with E-state index in [4.69, 9.17) is 0 Å². The number of halogens is 3. The lowest BCUT2D eigenvalue weighted by Crippen LogP contribution is -2.46. The van der Waals surface area contributed by atoms with E-state index in [-0.39, 0.29) is 29.9 Å². The van der Waals surface area contributed by atoms with E-state index in [9.17, 15) is 13.2 Å². The molecule has 0 saturated carbocycles. The summed E-state index contributed by atoms with van der Waals surface area (Å²) in [5.41, 5.74) is 0.627. The van der Waals surface area contributed by atoms with Crippen molar-refractivity contribution in [1.82, 2.24) is 5.32 Å². The van der Waals surface area contributed by atoms with Crippen molar-refractivity contribution in [3.8, 4) is 0 Å². The minimum absolute atomic E-state index is 0.00307. The number of carbonyl (C=O) groups is 1. The van der Waals surface area contributed by atoms with E-state index in [0.29, 0.717) is 12.2 Å². The van der Waals surface area contributed by atoms with Crippen molar-refractivity contribution >= 4 is 69.2 Å². The molecule has 1 aromatic rings. The molecule has 1 saturated heterocycles. The Morgan fingerprint density at radius 2 is 1.90 bits per heavy atom. The van der Waals surface area contributed by atoms with Gasteiger partial charge in [0.25, 0.3) is 0 Å². The zero-order chi connectivity index (χ0) is 15.6. The van der Waals surface area contributed by atoms with Crippen molar-refractivity contribution in [3.63, 3.8) is 0 Å². The minimum atomic E-state index is -3.04.